The van der Waals surface area contributed by atoms with Crippen LogP contribution in [0.1, 0.15) is 54.5 Å². The van der Waals surface area contributed by atoms with E-state index in [1.165, 1.54) is 48.1 Å². The Labute approximate surface area is 118 Å². The van der Waals surface area contributed by atoms with Gasteiger partial charge < -0.3 is 5.73 Å². The predicted molar refractivity (Wildman–Crippen MR) is 82.5 cm³/mol. The summed E-state index contributed by atoms with van der Waals surface area (Å²) in [5.41, 5.74) is 11.7. The Morgan fingerprint density at radius 3 is 2.42 bits per heavy atom. The maximum Gasteiger partial charge on any atom is 0.0478 e. The summed E-state index contributed by atoms with van der Waals surface area (Å²) in [6, 6.07) is 5.70. The molecule has 19 heavy (non-hydrogen) atoms. The molecule has 2 nitrogen and oxygen atoms in total. The SMILES string of the molecule is CCC1CCCN1C(CN)c1c(C)cc(C)cc1C. The fourth-order valence-electron chi connectivity index (χ4n) is 3.84. The average Bonchev–Trinajstić information content (AvgIpc) is 2.81. The van der Waals surface area contributed by atoms with Crippen molar-refractivity contribution in [1.82, 2.24) is 4.90 Å². The Bertz CT molecular complexity index is 416. The van der Waals surface area contributed by atoms with Gasteiger partial charge in [0.1, 0.15) is 0 Å². The minimum atomic E-state index is 0.396. The molecule has 0 spiro atoms. The van der Waals surface area contributed by atoms with E-state index in [-0.39, 0.29) is 0 Å². The van der Waals surface area contributed by atoms with Gasteiger partial charge in [0.05, 0.1) is 0 Å². The molecule has 1 saturated heterocycles. The highest BCUT2D eigenvalue weighted by molar-refractivity contribution is 5.40. The van der Waals surface area contributed by atoms with Crippen molar-refractivity contribution in [2.45, 2.75) is 59.0 Å². The number of nitrogens with zero attached hydrogens (tertiary/aromatic N) is 1. The van der Waals surface area contributed by atoms with E-state index in [1.54, 1.807) is 0 Å². The summed E-state index contributed by atoms with van der Waals surface area (Å²) in [5, 5.41) is 0. The number of aryl methyl sites for hydroxylation is 3. The van der Waals surface area contributed by atoms with Crippen LogP contribution in [0.15, 0.2) is 12.1 Å². The summed E-state index contributed by atoms with van der Waals surface area (Å²) >= 11 is 0. The van der Waals surface area contributed by atoms with E-state index in [0.717, 1.165) is 6.54 Å². The third-order valence-corrected chi connectivity index (χ3v) is 4.59. The second-order valence-electron chi connectivity index (χ2n) is 6.01. The molecule has 1 fully saturated rings. The first-order valence-electron chi connectivity index (χ1n) is 7.62. The van der Waals surface area contributed by atoms with Crippen molar-refractivity contribution in [2.24, 2.45) is 5.73 Å². The molecule has 2 unspecified atom stereocenters. The molecule has 0 bridgehead atoms. The second-order valence-corrected chi connectivity index (χ2v) is 6.01. The fourth-order valence-corrected chi connectivity index (χ4v) is 3.84. The molecule has 2 heteroatoms. The lowest BCUT2D eigenvalue weighted by molar-refractivity contribution is 0.179. The zero-order valence-electron chi connectivity index (χ0n) is 12.9. The van der Waals surface area contributed by atoms with Crippen LogP contribution in [0.2, 0.25) is 0 Å². The number of benzene rings is 1. The van der Waals surface area contributed by atoms with E-state index in [9.17, 15) is 0 Å². The molecule has 0 saturated carbocycles. The lowest BCUT2D eigenvalue weighted by Crippen LogP contribution is -2.37. The molecular weight excluding hydrogens is 232 g/mol. The highest BCUT2D eigenvalue weighted by Gasteiger charge is 2.31. The van der Waals surface area contributed by atoms with Gasteiger partial charge in [-0.1, -0.05) is 24.6 Å². The molecule has 106 valence electrons. The zero-order valence-corrected chi connectivity index (χ0v) is 12.9. The smallest absolute Gasteiger partial charge is 0.0478 e. The monoisotopic (exact) mass is 260 g/mol. The minimum Gasteiger partial charge on any atom is -0.329 e. The largest absolute Gasteiger partial charge is 0.329 e. The maximum absolute atomic E-state index is 6.14. The molecule has 2 N–H and O–H groups in total. The van der Waals surface area contributed by atoms with Crippen LogP contribution in [0.3, 0.4) is 0 Å². The van der Waals surface area contributed by atoms with Crippen molar-refractivity contribution in [1.29, 1.82) is 0 Å². The summed E-state index contributed by atoms with van der Waals surface area (Å²) in [5.74, 6) is 0. The van der Waals surface area contributed by atoms with Crippen LogP contribution in [0.25, 0.3) is 0 Å². The zero-order chi connectivity index (χ0) is 14.0. The van der Waals surface area contributed by atoms with Gasteiger partial charge in [-0.05, 0) is 63.3 Å². The highest BCUT2D eigenvalue weighted by atomic mass is 15.2. The molecule has 1 aliphatic heterocycles. The van der Waals surface area contributed by atoms with Crippen LogP contribution >= 0.6 is 0 Å². The lowest BCUT2D eigenvalue weighted by atomic mass is 9.92. The Kier molecular flexibility index (Phi) is 4.64. The standard InChI is InChI=1S/C17H28N2/c1-5-15-7-6-8-19(15)16(11-18)17-13(3)9-12(2)10-14(17)4/h9-10,15-16H,5-8,11,18H2,1-4H3. The fraction of sp³-hybridized carbons (Fsp3) is 0.647. The summed E-state index contributed by atoms with van der Waals surface area (Å²) < 4.78 is 0. The molecule has 0 aliphatic carbocycles. The van der Waals surface area contributed by atoms with Gasteiger partial charge in [-0.2, -0.15) is 0 Å². The first-order valence-corrected chi connectivity index (χ1v) is 7.62. The van der Waals surface area contributed by atoms with Crippen molar-refractivity contribution in [3.05, 3.63) is 34.4 Å². The van der Waals surface area contributed by atoms with Crippen LogP contribution in [0.4, 0.5) is 0 Å². The third-order valence-electron chi connectivity index (χ3n) is 4.59. The summed E-state index contributed by atoms with van der Waals surface area (Å²) in [7, 11) is 0. The van der Waals surface area contributed by atoms with E-state index in [2.05, 4.69) is 44.7 Å². The van der Waals surface area contributed by atoms with Crippen LogP contribution in [0, 0.1) is 20.8 Å². The highest BCUT2D eigenvalue weighted by Crippen LogP contribution is 2.33. The van der Waals surface area contributed by atoms with Crippen molar-refractivity contribution in [3.63, 3.8) is 0 Å². The molecule has 0 aromatic heterocycles. The molecule has 2 atom stereocenters. The van der Waals surface area contributed by atoms with E-state index < -0.39 is 0 Å². The van der Waals surface area contributed by atoms with Gasteiger partial charge in [-0.3, -0.25) is 4.90 Å². The summed E-state index contributed by atoms with van der Waals surface area (Å²) in [4.78, 5) is 2.64. The minimum absolute atomic E-state index is 0.396. The Balaban J connectivity index is 2.37. The molecule has 1 aromatic rings. The normalized spacial score (nSPS) is 21.8. The van der Waals surface area contributed by atoms with Crippen LogP contribution < -0.4 is 5.73 Å². The first-order chi connectivity index (χ1) is 9.08. The number of likely N-dealkylation sites (tertiary alicyclic amines) is 1. The van der Waals surface area contributed by atoms with E-state index in [1.807, 2.05) is 0 Å². The van der Waals surface area contributed by atoms with Crippen LogP contribution in [-0.2, 0) is 0 Å². The lowest BCUT2D eigenvalue weighted by Gasteiger charge is -2.34. The summed E-state index contributed by atoms with van der Waals surface area (Å²) in [6.45, 7) is 10.9. The van der Waals surface area contributed by atoms with Gasteiger partial charge in [-0.25, -0.2) is 0 Å². The van der Waals surface area contributed by atoms with Gasteiger partial charge in [0.2, 0.25) is 0 Å². The quantitative estimate of drug-likeness (QED) is 0.898. The molecule has 1 aromatic carbocycles. The molecule has 0 radical (unpaired) electrons. The van der Waals surface area contributed by atoms with Crippen molar-refractivity contribution >= 4 is 0 Å². The van der Waals surface area contributed by atoms with E-state index >= 15 is 0 Å². The maximum atomic E-state index is 6.14. The topological polar surface area (TPSA) is 29.3 Å². The Morgan fingerprint density at radius 1 is 1.26 bits per heavy atom. The van der Waals surface area contributed by atoms with E-state index in [0.29, 0.717) is 12.1 Å². The van der Waals surface area contributed by atoms with Crippen molar-refractivity contribution < 1.29 is 0 Å². The Morgan fingerprint density at radius 2 is 1.89 bits per heavy atom. The third kappa shape index (κ3) is 2.85. The number of rotatable bonds is 4. The van der Waals surface area contributed by atoms with Crippen molar-refractivity contribution in [2.75, 3.05) is 13.1 Å². The Hall–Kier alpha value is -0.860. The molecule has 1 heterocycles. The average molecular weight is 260 g/mol. The predicted octanol–water partition coefficient (Wildman–Crippen LogP) is 3.49. The first kappa shape index (κ1) is 14.5. The number of hydrogen-bond donors (Lipinski definition) is 1. The van der Waals surface area contributed by atoms with Gasteiger partial charge in [-0.15, -0.1) is 0 Å². The van der Waals surface area contributed by atoms with Gasteiger partial charge in [0.25, 0.3) is 0 Å². The van der Waals surface area contributed by atoms with Crippen LogP contribution in [-0.4, -0.2) is 24.0 Å². The molecule has 2 rings (SSSR count). The molecular formula is C17H28N2. The summed E-state index contributed by atoms with van der Waals surface area (Å²) in [6.07, 6.45) is 3.89. The number of nitrogens with two attached hydrogens (primary N) is 1. The molecule has 1 aliphatic rings. The van der Waals surface area contributed by atoms with Crippen molar-refractivity contribution in [3.8, 4) is 0 Å². The van der Waals surface area contributed by atoms with Gasteiger partial charge in [0.15, 0.2) is 0 Å². The molecule has 0 amide bonds. The second kappa shape index (κ2) is 6.06. The van der Waals surface area contributed by atoms with E-state index in [4.69, 9.17) is 5.73 Å². The van der Waals surface area contributed by atoms with Gasteiger partial charge >= 0.3 is 0 Å². The van der Waals surface area contributed by atoms with Crippen LogP contribution in [0.5, 0.6) is 0 Å². The number of hydrogen-bond acceptors (Lipinski definition) is 2. The van der Waals surface area contributed by atoms with Gasteiger partial charge in [0, 0.05) is 18.6 Å².